The van der Waals surface area contributed by atoms with E-state index < -0.39 is 11.8 Å². The fourth-order valence-electron chi connectivity index (χ4n) is 0.945. The van der Waals surface area contributed by atoms with Crippen LogP contribution in [0.5, 0.6) is 0 Å². The van der Waals surface area contributed by atoms with Crippen molar-refractivity contribution in [1.29, 1.82) is 0 Å². The zero-order chi connectivity index (χ0) is 11.1. The SMILES string of the molecule is O=C(O)C(=O)/C=C/C=C/c1ccccc1. The van der Waals surface area contributed by atoms with E-state index in [1.165, 1.54) is 6.08 Å². The van der Waals surface area contributed by atoms with Crippen molar-refractivity contribution in [2.75, 3.05) is 0 Å². The van der Waals surface area contributed by atoms with Gasteiger partial charge in [-0.15, -0.1) is 0 Å². The number of aliphatic carboxylic acids is 1. The van der Waals surface area contributed by atoms with Gasteiger partial charge >= 0.3 is 5.97 Å². The lowest BCUT2D eigenvalue weighted by atomic mass is 10.2. The Morgan fingerprint density at radius 3 is 2.33 bits per heavy atom. The molecule has 1 N–H and O–H groups in total. The molecule has 76 valence electrons. The second-order valence-corrected chi connectivity index (χ2v) is 2.80. The molecule has 0 saturated heterocycles. The summed E-state index contributed by atoms with van der Waals surface area (Å²) in [4.78, 5) is 20.8. The Morgan fingerprint density at radius 2 is 1.73 bits per heavy atom. The van der Waals surface area contributed by atoms with Crippen LogP contribution in [-0.4, -0.2) is 16.9 Å². The zero-order valence-electron chi connectivity index (χ0n) is 7.96. The Labute approximate surface area is 87.4 Å². The number of rotatable bonds is 4. The highest BCUT2D eigenvalue weighted by molar-refractivity contribution is 6.37. The predicted molar refractivity (Wildman–Crippen MR) is 57.3 cm³/mol. The molecule has 0 amide bonds. The molecule has 0 fully saturated rings. The van der Waals surface area contributed by atoms with Crippen LogP contribution in [0.25, 0.3) is 6.08 Å². The number of allylic oxidation sites excluding steroid dienone is 2. The molecule has 1 aromatic rings. The molecule has 0 spiro atoms. The van der Waals surface area contributed by atoms with Crippen LogP contribution in [0.1, 0.15) is 5.56 Å². The van der Waals surface area contributed by atoms with Crippen molar-refractivity contribution in [3.8, 4) is 0 Å². The number of carboxylic acid groups (broad SMARTS) is 1. The largest absolute Gasteiger partial charge is 0.475 e. The molecular formula is C12H10O3. The monoisotopic (exact) mass is 202 g/mol. The van der Waals surface area contributed by atoms with E-state index in [2.05, 4.69) is 0 Å². The molecule has 0 aliphatic carbocycles. The van der Waals surface area contributed by atoms with Gasteiger partial charge in [0.1, 0.15) is 0 Å². The summed E-state index contributed by atoms with van der Waals surface area (Å²) >= 11 is 0. The maximum Gasteiger partial charge on any atom is 0.376 e. The van der Waals surface area contributed by atoms with E-state index in [9.17, 15) is 9.59 Å². The van der Waals surface area contributed by atoms with Crippen molar-refractivity contribution in [3.05, 3.63) is 54.1 Å². The van der Waals surface area contributed by atoms with Gasteiger partial charge in [-0.1, -0.05) is 48.6 Å². The topological polar surface area (TPSA) is 54.4 Å². The molecule has 0 unspecified atom stereocenters. The summed E-state index contributed by atoms with van der Waals surface area (Å²) in [6.45, 7) is 0. The Bertz CT molecular complexity index is 402. The Hall–Kier alpha value is -2.16. The number of carbonyl (C=O) groups is 2. The normalized spacial score (nSPS) is 10.9. The fourth-order valence-corrected chi connectivity index (χ4v) is 0.945. The van der Waals surface area contributed by atoms with Crippen LogP contribution < -0.4 is 0 Å². The second-order valence-electron chi connectivity index (χ2n) is 2.80. The van der Waals surface area contributed by atoms with E-state index in [1.54, 1.807) is 12.2 Å². The first kappa shape index (κ1) is 10.9. The molecular weight excluding hydrogens is 192 g/mol. The van der Waals surface area contributed by atoms with Gasteiger partial charge in [-0.2, -0.15) is 0 Å². The molecule has 1 aromatic carbocycles. The van der Waals surface area contributed by atoms with Crippen molar-refractivity contribution in [1.82, 2.24) is 0 Å². The lowest BCUT2D eigenvalue weighted by Crippen LogP contribution is -2.08. The minimum absolute atomic E-state index is 0.923. The third-order valence-electron chi connectivity index (χ3n) is 1.66. The standard InChI is InChI=1S/C12H10O3/c13-11(12(14)15)9-5-4-8-10-6-2-1-3-7-10/h1-9H,(H,14,15)/b8-4+,9-5+. The molecule has 3 heteroatoms. The van der Waals surface area contributed by atoms with Crippen LogP contribution in [0.3, 0.4) is 0 Å². The summed E-state index contributed by atoms with van der Waals surface area (Å²) in [5.41, 5.74) is 0.991. The van der Waals surface area contributed by atoms with Gasteiger partial charge in [0.05, 0.1) is 0 Å². The van der Waals surface area contributed by atoms with Crippen molar-refractivity contribution in [3.63, 3.8) is 0 Å². The summed E-state index contributed by atoms with van der Waals surface area (Å²) < 4.78 is 0. The lowest BCUT2D eigenvalue weighted by molar-refractivity contribution is -0.146. The van der Waals surface area contributed by atoms with Gasteiger partial charge in [0.25, 0.3) is 5.78 Å². The summed E-state index contributed by atoms with van der Waals surface area (Å²) in [6, 6.07) is 9.51. The van der Waals surface area contributed by atoms with Crippen LogP contribution >= 0.6 is 0 Å². The Kier molecular flexibility index (Phi) is 4.04. The first-order valence-electron chi connectivity index (χ1n) is 4.37. The lowest BCUT2D eigenvalue weighted by Gasteiger charge is -1.88. The molecule has 3 nitrogen and oxygen atoms in total. The zero-order valence-corrected chi connectivity index (χ0v) is 7.96. The van der Waals surface area contributed by atoms with Crippen molar-refractivity contribution < 1.29 is 14.7 Å². The van der Waals surface area contributed by atoms with Crippen LogP contribution in [0.2, 0.25) is 0 Å². The molecule has 0 radical (unpaired) electrons. The van der Waals surface area contributed by atoms with E-state index >= 15 is 0 Å². The van der Waals surface area contributed by atoms with Crippen LogP contribution in [-0.2, 0) is 9.59 Å². The number of hydrogen-bond donors (Lipinski definition) is 1. The number of hydrogen-bond acceptors (Lipinski definition) is 2. The summed E-state index contributed by atoms with van der Waals surface area (Å²) in [6.07, 6.45) is 5.83. The third kappa shape index (κ3) is 4.04. The average molecular weight is 202 g/mol. The van der Waals surface area contributed by atoms with Crippen LogP contribution in [0, 0.1) is 0 Å². The molecule has 1 rings (SSSR count). The third-order valence-corrected chi connectivity index (χ3v) is 1.66. The van der Waals surface area contributed by atoms with Gasteiger partial charge in [-0.3, -0.25) is 4.79 Å². The predicted octanol–water partition coefficient (Wildman–Crippen LogP) is 1.91. The first-order chi connectivity index (χ1) is 7.20. The maximum absolute atomic E-state index is 10.6. The minimum atomic E-state index is -1.45. The Morgan fingerprint density at radius 1 is 1.07 bits per heavy atom. The van der Waals surface area contributed by atoms with Gasteiger partial charge in [-0.05, 0) is 11.6 Å². The smallest absolute Gasteiger partial charge is 0.376 e. The van der Waals surface area contributed by atoms with E-state index in [0.717, 1.165) is 11.6 Å². The number of ketones is 1. The average Bonchev–Trinajstić information content (AvgIpc) is 2.25. The molecule has 0 aliphatic rings. The van der Waals surface area contributed by atoms with Gasteiger partial charge in [0.2, 0.25) is 0 Å². The van der Waals surface area contributed by atoms with Crippen molar-refractivity contribution in [2.24, 2.45) is 0 Å². The maximum atomic E-state index is 10.6. The molecule has 15 heavy (non-hydrogen) atoms. The van der Waals surface area contributed by atoms with E-state index in [-0.39, 0.29) is 0 Å². The number of benzene rings is 1. The fraction of sp³-hybridized carbons (Fsp3) is 0. The molecule has 0 saturated carbocycles. The van der Waals surface area contributed by atoms with Gasteiger partial charge in [-0.25, -0.2) is 4.79 Å². The van der Waals surface area contributed by atoms with Gasteiger partial charge < -0.3 is 5.11 Å². The van der Waals surface area contributed by atoms with E-state index in [0.29, 0.717) is 0 Å². The van der Waals surface area contributed by atoms with E-state index in [4.69, 9.17) is 5.11 Å². The second kappa shape index (κ2) is 5.54. The van der Waals surface area contributed by atoms with Crippen molar-refractivity contribution >= 4 is 17.8 Å². The first-order valence-corrected chi connectivity index (χ1v) is 4.37. The summed E-state index contributed by atoms with van der Waals surface area (Å²) in [7, 11) is 0. The van der Waals surface area contributed by atoms with Gasteiger partial charge in [0, 0.05) is 0 Å². The van der Waals surface area contributed by atoms with E-state index in [1.807, 2.05) is 30.3 Å². The van der Waals surface area contributed by atoms with Crippen molar-refractivity contribution in [2.45, 2.75) is 0 Å². The Balaban J connectivity index is 2.54. The molecule has 0 atom stereocenters. The molecule has 0 heterocycles. The number of carboxylic acids is 1. The minimum Gasteiger partial charge on any atom is -0.475 e. The number of carbonyl (C=O) groups excluding carboxylic acids is 1. The quantitative estimate of drug-likeness (QED) is 0.461. The van der Waals surface area contributed by atoms with Crippen LogP contribution in [0.4, 0.5) is 0 Å². The molecule has 0 aromatic heterocycles. The summed E-state index contributed by atoms with van der Waals surface area (Å²) in [5.74, 6) is -2.37. The van der Waals surface area contributed by atoms with Gasteiger partial charge in [0.15, 0.2) is 0 Å². The highest BCUT2D eigenvalue weighted by Crippen LogP contribution is 2.00. The molecule has 0 bridgehead atoms. The van der Waals surface area contributed by atoms with Crippen LogP contribution in [0.15, 0.2) is 48.6 Å². The highest BCUT2D eigenvalue weighted by atomic mass is 16.4. The highest BCUT2D eigenvalue weighted by Gasteiger charge is 2.03. The summed E-state index contributed by atoms with van der Waals surface area (Å²) in [5, 5.41) is 8.27. The molecule has 0 aliphatic heterocycles.